The second-order valence-corrected chi connectivity index (χ2v) is 6.07. The Kier molecular flexibility index (Phi) is 5.55. The largest absolute Gasteiger partial charge is 0.392 e. The molecule has 0 aromatic rings. The highest BCUT2D eigenvalue weighted by Gasteiger charge is 2.58. The van der Waals surface area contributed by atoms with Crippen molar-refractivity contribution in [1.29, 1.82) is 0 Å². The second kappa shape index (κ2) is 6.13. The van der Waals surface area contributed by atoms with Crippen molar-refractivity contribution in [3.05, 3.63) is 0 Å². The lowest BCUT2D eigenvalue weighted by atomic mass is 9.89. The summed E-state index contributed by atoms with van der Waals surface area (Å²) in [6.07, 6.45) is -2.29. The molecule has 7 heteroatoms. The van der Waals surface area contributed by atoms with Crippen molar-refractivity contribution in [1.82, 2.24) is 0 Å². The molecule has 5 N–H and O–H groups in total. The first kappa shape index (κ1) is 16.3. The Morgan fingerprint density at radius 3 is 2.28 bits per heavy atom. The molecule has 18 heavy (non-hydrogen) atoms. The van der Waals surface area contributed by atoms with E-state index in [1.165, 1.54) is 0 Å². The molecule has 1 heterocycles. The molecular weight excluding hydrogens is 308 g/mol. The molecule has 1 rings (SSSR count). The zero-order valence-electron chi connectivity index (χ0n) is 10.3. The van der Waals surface area contributed by atoms with Gasteiger partial charge in [0.25, 0.3) is 0 Å². The van der Waals surface area contributed by atoms with Crippen LogP contribution < -0.4 is 0 Å². The van der Waals surface area contributed by atoms with E-state index in [2.05, 4.69) is 15.9 Å². The first-order chi connectivity index (χ1) is 8.30. The van der Waals surface area contributed by atoms with Gasteiger partial charge in [0.05, 0.1) is 6.61 Å². The van der Waals surface area contributed by atoms with Crippen molar-refractivity contribution in [3.8, 4) is 0 Å². The first-order valence-electron chi connectivity index (χ1n) is 6.07. The van der Waals surface area contributed by atoms with E-state index in [9.17, 15) is 25.5 Å². The van der Waals surface area contributed by atoms with Crippen molar-refractivity contribution >= 4 is 15.9 Å². The Labute approximate surface area is 114 Å². The van der Waals surface area contributed by atoms with Gasteiger partial charge in [-0.25, -0.2) is 0 Å². The maximum atomic E-state index is 10.2. The minimum absolute atomic E-state index is 0.110. The Morgan fingerprint density at radius 1 is 1.17 bits per heavy atom. The van der Waals surface area contributed by atoms with Gasteiger partial charge < -0.3 is 30.3 Å². The van der Waals surface area contributed by atoms with Crippen LogP contribution in [0, 0.1) is 0 Å². The van der Waals surface area contributed by atoms with Crippen LogP contribution in [0.15, 0.2) is 0 Å². The number of halogens is 1. The number of aliphatic hydroxyl groups is 5. The van der Waals surface area contributed by atoms with Crippen molar-refractivity contribution in [2.75, 3.05) is 6.61 Å². The molecule has 1 saturated heterocycles. The predicted molar refractivity (Wildman–Crippen MR) is 66.9 cm³/mol. The van der Waals surface area contributed by atoms with E-state index in [1.54, 1.807) is 0 Å². The molecule has 0 amide bonds. The molecule has 0 bridgehead atoms. The average Bonchev–Trinajstić information content (AvgIpc) is 2.34. The predicted octanol–water partition coefficient (Wildman–Crippen LogP) is -0.548. The fourth-order valence-electron chi connectivity index (χ4n) is 2.06. The summed E-state index contributed by atoms with van der Waals surface area (Å²) in [7, 11) is 0. The van der Waals surface area contributed by atoms with E-state index < -0.39 is 35.2 Å². The summed E-state index contributed by atoms with van der Waals surface area (Å²) in [5.74, 6) is -1.99. The summed E-state index contributed by atoms with van der Waals surface area (Å²) in [6.45, 7) is 1.34. The maximum Gasteiger partial charge on any atom is 0.196 e. The number of hydrogen-bond acceptors (Lipinski definition) is 6. The number of aliphatic hydroxyl groups excluding tert-OH is 4. The van der Waals surface area contributed by atoms with Crippen molar-refractivity contribution in [2.45, 2.75) is 61.2 Å². The zero-order chi connectivity index (χ0) is 14.0. The van der Waals surface area contributed by atoms with Crippen LogP contribution in [-0.2, 0) is 4.74 Å². The van der Waals surface area contributed by atoms with Crippen LogP contribution in [0.25, 0.3) is 0 Å². The monoisotopic (exact) mass is 328 g/mol. The highest BCUT2D eigenvalue weighted by atomic mass is 79.9. The van der Waals surface area contributed by atoms with E-state index in [0.29, 0.717) is 6.42 Å². The summed E-state index contributed by atoms with van der Waals surface area (Å²) in [5.41, 5.74) is 0. The van der Waals surface area contributed by atoms with Gasteiger partial charge >= 0.3 is 0 Å². The van der Waals surface area contributed by atoms with E-state index in [-0.39, 0.29) is 6.42 Å². The summed E-state index contributed by atoms with van der Waals surface area (Å²) >= 11 is 2.96. The lowest BCUT2D eigenvalue weighted by Crippen LogP contribution is -2.68. The van der Waals surface area contributed by atoms with Crippen LogP contribution in [0.3, 0.4) is 0 Å². The molecule has 1 fully saturated rings. The smallest absolute Gasteiger partial charge is 0.196 e. The minimum Gasteiger partial charge on any atom is -0.392 e. The van der Waals surface area contributed by atoms with Crippen LogP contribution in [0.2, 0.25) is 0 Å². The number of alkyl halides is 1. The fourth-order valence-corrected chi connectivity index (χ4v) is 2.61. The second-order valence-electron chi connectivity index (χ2n) is 4.73. The standard InChI is InChI=1S/C11H21BrO6/c1-2-3-4-5-11(17)9(16)7(14)8(15)10(12,6-13)18-11/h7-9,13-17H,2-6H2,1H3/t7-,8-,9+,10+,11?/m0/s1. The maximum absolute atomic E-state index is 10.2. The van der Waals surface area contributed by atoms with Crippen molar-refractivity contribution in [3.63, 3.8) is 0 Å². The molecule has 1 aliphatic heterocycles. The number of unbranched alkanes of at least 4 members (excludes halogenated alkanes) is 2. The van der Waals surface area contributed by atoms with Crippen LogP contribution in [0.1, 0.15) is 32.6 Å². The molecule has 0 spiro atoms. The van der Waals surface area contributed by atoms with E-state index in [0.717, 1.165) is 12.8 Å². The van der Waals surface area contributed by atoms with Gasteiger partial charge in [0.15, 0.2) is 10.3 Å². The first-order valence-corrected chi connectivity index (χ1v) is 6.86. The quantitative estimate of drug-likeness (QED) is 0.342. The van der Waals surface area contributed by atoms with Crippen LogP contribution in [-0.4, -0.2) is 60.7 Å². The molecule has 0 radical (unpaired) electrons. The Hall–Kier alpha value is 0.240. The van der Waals surface area contributed by atoms with Crippen LogP contribution in [0.4, 0.5) is 0 Å². The van der Waals surface area contributed by atoms with Gasteiger partial charge in [-0.05, 0) is 22.4 Å². The molecule has 108 valence electrons. The SMILES string of the molecule is CCCCCC1(O)O[C@](Br)(CO)[C@@H](O)[C@H](O)[C@H]1O. The Balaban J connectivity index is 2.84. The highest BCUT2D eigenvalue weighted by Crippen LogP contribution is 2.41. The molecule has 0 aromatic carbocycles. The topological polar surface area (TPSA) is 110 Å². The van der Waals surface area contributed by atoms with E-state index in [1.807, 2.05) is 6.92 Å². The summed E-state index contributed by atoms with van der Waals surface area (Å²) in [6, 6.07) is 0. The summed E-state index contributed by atoms with van der Waals surface area (Å²) < 4.78 is 3.54. The van der Waals surface area contributed by atoms with Crippen molar-refractivity contribution in [2.24, 2.45) is 0 Å². The van der Waals surface area contributed by atoms with Crippen LogP contribution >= 0.6 is 15.9 Å². The van der Waals surface area contributed by atoms with Gasteiger partial charge in [-0.3, -0.25) is 0 Å². The number of hydrogen-bond donors (Lipinski definition) is 5. The van der Waals surface area contributed by atoms with E-state index in [4.69, 9.17) is 4.74 Å². The minimum atomic E-state index is -1.99. The Bertz CT molecular complexity index is 278. The Morgan fingerprint density at radius 2 is 1.78 bits per heavy atom. The molecule has 0 saturated carbocycles. The molecule has 1 unspecified atom stereocenters. The van der Waals surface area contributed by atoms with Gasteiger partial charge in [-0.1, -0.05) is 19.8 Å². The molecule has 5 atom stereocenters. The third-order valence-electron chi connectivity index (χ3n) is 3.25. The number of rotatable bonds is 5. The summed E-state index contributed by atoms with van der Waals surface area (Å²) in [5, 5.41) is 48.7. The lowest BCUT2D eigenvalue weighted by Gasteiger charge is -2.49. The van der Waals surface area contributed by atoms with Gasteiger partial charge in [-0.15, -0.1) is 0 Å². The van der Waals surface area contributed by atoms with Gasteiger partial charge in [0.2, 0.25) is 0 Å². The average molecular weight is 329 g/mol. The molecule has 6 nitrogen and oxygen atoms in total. The highest BCUT2D eigenvalue weighted by molar-refractivity contribution is 9.10. The van der Waals surface area contributed by atoms with Crippen molar-refractivity contribution < 1.29 is 30.3 Å². The lowest BCUT2D eigenvalue weighted by molar-refractivity contribution is -0.359. The molecule has 0 aromatic heterocycles. The van der Waals surface area contributed by atoms with Gasteiger partial charge in [0.1, 0.15) is 18.3 Å². The third-order valence-corrected chi connectivity index (χ3v) is 4.13. The van der Waals surface area contributed by atoms with Gasteiger partial charge in [-0.2, -0.15) is 0 Å². The molecular formula is C11H21BrO6. The van der Waals surface area contributed by atoms with Gasteiger partial charge in [0, 0.05) is 6.42 Å². The molecule has 1 aliphatic rings. The fraction of sp³-hybridized carbons (Fsp3) is 1.00. The third kappa shape index (κ3) is 3.04. The summed E-state index contributed by atoms with van der Waals surface area (Å²) in [4.78, 5) is 0. The molecule has 0 aliphatic carbocycles. The van der Waals surface area contributed by atoms with Crippen LogP contribution in [0.5, 0.6) is 0 Å². The van der Waals surface area contributed by atoms with E-state index >= 15 is 0 Å². The number of ether oxygens (including phenoxy) is 1. The normalized spacial score (nSPS) is 45.2. The zero-order valence-corrected chi connectivity index (χ0v) is 11.9.